The van der Waals surface area contributed by atoms with Gasteiger partial charge in [-0.3, -0.25) is 10.1 Å². The van der Waals surface area contributed by atoms with Gasteiger partial charge < -0.3 is 0 Å². The van der Waals surface area contributed by atoms with Crippen LogP contribution >= 0.6 is 27.7 Å². The predicted octanol–water partition coefficient (Wildman–Crippen LogP) is 4.04. The maximum absolute atomic E-state index is 10.9. The summed E-state index contributed by atoms with van der Waals surface area (Å²) in [7, 11) is 0. The normalized spacial score (nSPS) is 10.3. The van der Waals surface area contributed by atoms with Crippen molar-refractivity contribution >= 4 is 33.4 Å². The molecule has 0 amide bonds. The van der Waals surface area contributed by atoms with Gasteiger partial charge in [-0.2, -0.15) is 0 Å². The highest BCUT2D eigenvalue weighted by atomic mass is 79.9. The molecule has 0 bridgehead atoms. The third-order valence-corrected chi connectivity index (χ3v) is 3.71. The number of aromatic nitrogens is 1. The number of hydrogen-bond donors (Lipinski definition) is 0. The van der Waals surface area contributed by atoms with Crippen molar-refractivity contribution in [2.45, 2.75) is 10.8 Å². The quantitative estimate of drug-likeness (QED) is 0.483. The Balaban J connectivity index is 2.17. The van der Waals surface area contributed by atoms with Crippen molar-refractivity contribution < 1.29 is 4.92 Å². The highest BCUT2D eigenvalue weighted by molar-refractivity contribution is 9.10. The minimum absolute atomic E-state index is 0.0327. The maximum Gasteiger partial charge on any atom is 0.302 e. The zero-order valence-corrected chi connectivity index (χ0v) is 11.6. The van der Waals surface area contributed by atoms with E-state index in [0.717, 1.165) is 5.56 Å². The van der Waals surface area contributed by atoms with Crippen LogP contribution in [-0.4, -0.2) is 9.91 Å². The lowest BCUT2D eigenvalue weighted by Gasteiger charge is -2.02. The molecule has 1 aromatic heterocycles. The van der Waals surface area contributed by atoms with Crippen LogP contribution in [-0.2, 0) is 5.75 Å². The fraction of sp³-hybridized carbons (Fsp3) is 0.0833. The van der Waals surface area contributed by atoms with E-state index in [1.54, 1.807) is 6.20 Å². The highest BCUT2D eigenvalue weighted by Crippen LogP contribution is 2.31. The molecule has 0 fully saturated rings. The Morgan fingerprint density at radius 3 is 2.72 bits per heavy atom. The number of hydrogen-bond acceptors (Lipinski definition) is 4. The fourth-order valence-electron chi connectivity index (χ4n) is 1.38. The van der Waals surface area contributed by atoms with Gasteiger partial charge in [0.05, 0.1) is 4.92 Å². The van der Waals surface area contributed by atoms with Crippen LogP contribution in [0.5, 0.6) is 0 Å². The number of pyridine rings is 1. The van der Waals surface area contributed by atoms with Crippen LogP contribution < -0.4 is 0 Å². The molecule has 4 nitrogen and oxygen atoms in total. The molecule has 1 aromatic carbocycles. The minimum atomic E-state index is -0.412. The fourth-order valence-corrected chi connectivity index (χ4v) is 2.61. The number of thioether (sulfide) groups is 1. The monoisotopic (exact) mass is 324 g/mol. The zero-order valence-electron chi connectivity index (χ0n) is 9.25. The van der Waals surface area contributed by atoms with Crippen LogP contribution in [0.25, 0.3) is 0 Å². The molecule has 18 heavy (non-hydrogen) atoms. The van der Waals surface area contributed by atoms with E-state index in [9.17, 15) is 10.1 Å². The van der Waals surface area contributed by atoms with Gasteiger partial charge in [-0.15, -0.1) is 0 Å². The summed E-state index contributed by atoms with van der Waals surface area (Å²) in [5.41, 5.74) is 1.15. The molecule has 0 radical (unpaired) electrons. The first-order chi connectivity index (χ1) is 8.66. The Bertz CT molecular complexity index is 563. The van der Waals surface area contributed by atoms with Gasteiger partial charge in [0.25, 0.3) is 0 Å². The second-order valence-corrected chi connectivity index (χ2v) is 5.39. The predicted molar refractivity (Wildman–Crippen MR) is 74.6 cm³/mol. The van der Waals surface area contributed by atoms with Crippen molar-refractivity contribution in [2.75, 3.05) is 0 Å². The second kappa shape index (κ2) is 5.97. The van der Waals surface area contributed by atoms with E-state index in [0.29, 0.717) is 15.3 Å². The lowest BCUT2D eigenvalue weighted by molar-refractivity contribution is -0.388. The summed E-state index contributed by atoms with van der Waals surface area (Å²) in [6.07, 6.45) is 1.57. The summed E-state index contributed by atoms with van der Waals surface area (Å²) in [6, 6.07) is 11.3. The Labute approximate surface area is 117 Å². The van der Waals surface area contributed by atoms with Crippen molar-refractivity contribution in [2.24, 2.45) is 0 Å². The summed E-state index contributed by atoms with van der Waals surface area (Å²) in [5.74, 6) is 0.663. The van der Waals surface area contributed by atoms with Gasteiger partial charge in [0.1, 0.15) is 0 Å². The maximum atomic E-state index is 10.9. The molecule has 0 aliphatic heterocycles. The molecule has 0 atom stereocenters. The van der Waals surface area contributed by atoms with Crippen LogP contribution in [0.1, 0.15) is 5.56 Å². The van der Waals surface area contributed by atoms with E-state index >= 15 is 0 Å². The summed E-state index contributed by atoms with van der Waals surface area (Å²) in [4.78, 5) is 14.6. The van der Waals surface area contributed by atoms with Gasteiger partial charge in [-0.25, -0.2) is 4.98 Å². The first-order valence-electron chi connectivity index (χ1n) is 5.13. The van der Waals surface area contributed by atoms with Crippen molar-refractivity contribution in [3.63, 3.8) is 0 Å². The van der Waals surface area contributed by atoms with Crippen molar-refractivity contribution in [3.05, 3.63) is 62.7 Å². The van der Waals surface area contributed by atoms with Crippen molar-refractivity contribution in [1.29, 1.82) is 0 Å². The molecule has 0 N–H and O–H groups in total. The van der Waals surface area contributed by atoms with Crippen LogP contribution in [0.4, 0.5) is 5.69 Å². The standard InChI is InChI=1S/C12H9BrN2O2S/c13-10-6-11(15(16)17)12(14-7-10)18-8-9-4-2-1-3-5-9/h1-7H,8H2. The first-order valence-corrected chi connectivity index (χ1v) is 6.91. The molecule has 0 saturated carbocycles. The number of rotatable bonds is 4. The topological polar surface area (TPSA) is 56.0 Å². The number of halogens is 1. The van der Waals surface area contributed by atoms with E-state index in [2.05, 4.69) is 20.9 Å². The summed E-state index contributed by atoms with van der Waals surface area (Å²) >= 11 is 4.55. The van der Waals surface area contributed by atoms with Crippen LogP contribution in [0, 0.1) is 10.1 Å². The van der Waals surface area contributed by atoms with Crippen molar-refractivity contribution in [1.82, 2.24) is 4.98 Å². The molecule has 0 saturated heterocycles. The van der Waals surface area contributed by atoms with Crippen LogP contribution in [0.15, 0.2) is 52.1 Å². The van der Waals surface area contributed by atoms with Crippen LogP contribution in [0.3, 0.4) is 0 Å². The Morgan fingerprint density at radius 2 is 2.06 bits per heavy atom. The molecule has 2 rings (SSSR count). The SMILES string of the molecule is O=[N+]([O-])c1cc(Br)cnc1SCc1ccccc1. The molecule has 1 heterocycles. The first kappa shape index (κ1) is 13.0. The highest BCUT2D eigenvalue weighted by Gasteiger charge is 2.16. The third-order valence-electron chi connectivity index (χ3n) is 2.21. The number of nitro groups is 1. The van der Waals surface area contributed by atoms with Gasteiger partial charge in [-0.1, -0.05) is 42.1 Å². The Hall–Kier alpha value is -1.40. The Kier molecular flexibility index (Phi) is 4.33. The van der Waals surface area contributed by atoms with E-state index in [-0.39, 0.29) is 5.69 Å². The van der Waals surface area contributed by atoms with Gasteiger partial charge in [0, 0.05) is 22.5 Å². The molecular formula is C12H9BrN2O2S. The minimum Gasteiger partial charge on any atom is -0.258 e. The molecule has 0 aliphatic carbocycles. The lowest BCUT2D eigenvalue weighted by atomic mass is 10.2. The van der Waals surface area contributed by atoms with E-state index in [1.165, 1.54) is 17.8 Å². The molecule has 6 heteroatoms. The summed E-state index contributed by atoms with van der Waals surface area (Å²) < 4.78 is 0.610. The molecule has 0 aliphatic rings. The van der Waals surface area contributed by atoms with Crippen LogP contribution in [0.2, 0.25) is 0 Å². The smallest absolute Gasteiger partial charge is 0.258 e. The second-order valence-electron chi connectivity index (χ2n) is 3.51. The van der Waals surface area contributed by atoms with Gasteiger partial charge in [-0.05, 0) is 21.5 Å². The molecule has 2 aromatic rings. The zero-order chi connectivity index (χ0) is 13.0. The van der Waals surface area contributed by atoms with E-state index in [1.807, 2.05) is 30.3 Å². The summed E-state index contributed by atoms with van der Waals surface area (Å²) in [6.45, 7) is 0. The van der Waals surface area contributed by atoms with Crippen molar-refractivity contribution in [3.8, 4) is 0 Å². The van der Waals surface area contributed by atoms with Gasteiger partial charge >= 0.3 is 5.69 Å². The average molecular weight is 325 g/mol. The largest absolute Gasteiger partial charge is 0.302 e. The number of benzene rings is 1. The van der Waals surface area contributed by atoms with Gasteiger partial charge in [0.2, 0.25) is 0 Å². The third kappa shape index (κ3) is 3.30. The summed E-state index contributed by atoms with van der Waals surface area (Å²) in [5, 5.41) is 11.4. The van der Waals surface area contributed by atoms with E-state index in [4.69, 9.17) is 0 Å². The Morgan fingerprint density at radius 1 is 1.33 bits per heavy atom. The average Bonchev–Trinajstić information content (AvgIpc) is 2.38. The molecular weight excluding hydrogens is 316 g/mol. The van der Waals surface area contributed by atoms with Gasteiger partial charge in [0.15, 0.2) is 5.03 Å². The number of nitrogens with zero attached hydrogens (tertiary/aromatic N) is 2. The molecule has 0 unspecified atom stereocenters. The lowest BCUT2D eigenvalue weighted by Crippen LogP contribution is -1.94. The molecule has 92 valence electrons. The molecule has 0 spiro atoms. The van der Waals surface area contributed by atoms with E-state index < -0.39 is 4.92 Å².